The van der Waals surface area contributed by atoms with Crippen LogP contribution in [0.2, 0.25) is 0 Å². The van der Waals surface area contributed by atoms with Crippen molar-refractivity contribution >= 4 is 53.9 Å². The van der Waals surface area contributed by atoms with Crippen LogP contribution < -0.4 is 0 Å². The predicted octanol–water partition coefficient (Wildman–Crippen LogP) is 14.6. The van der Waals surface area contributed by atoms with Gasteiger partial charge in [-0.25, -0.2) is 0 Å². The van der Waals surface area contributed by atoms with E-state index < -0.39 is 5.41 Å². The molecule has 0 saturated carbocycles. The van der Waals surface area contributed by atoms with Gasteiger partial charge in [0.25, 0.3) is 0 Å². The lowest BCUT2D eigenvalue weighted by Gasteiger charge is -2.34. The molecule has 0 nitrogen and oxygen atoms in total. The van der Waals surface area contributed by atoms with Crippen LogP contribution in [0, 0.1) is 0 Å². The van der Waals surface area contributed by atoms with Crippen molar-refractivity contribution < 1.29 is 0 Å². The molecule has 0 spiro atoms. The van der Waals surface area contributed by atoms with E-state index in [0.717, 1.165) is 0 Å². The minimum Gasteiger partial charge on any atom is -0.0622 e. The van der Waals surface area contributed by atoms with E-state index in [2.05, 4.69) is 206 Å². The second kappa shape index (κ2) is 11.5. The van der Waals surface area contributed by atoms with E-state index in [1.165, 1.54) is 109 Å². The lowest BCUT2D eigenvalue weighted by molar-refractivity contribution is 0.770. The minimum atomic E-state index is -0.535. The maximum Gasteiger partial charge on any atom is 0.0714 e. The topological polar surface area (TPSA) is 0 Å². The van der Waals surface area contributed by atoms with Gasteiger partial charge in [0.15, 0.2) is 0 Å². The Morgan fingerprint density at radius 2 is 0.800 bits per heavy atom. The van der Waals surface area contributed by atoms with E-state index in [0.29, 0.717) is 0 Å². The SMILES string of the molecule is c1ccc(C2(c3ccccc3)c3cc(-c4ccc5ccc6cccc7ccc4c5c67)ccc3-c3cc4cccc(-c5cccc6ccccc56)c4cc32)cc1. The molecule has 0 aliphatic heterocycles. The van der Waals surface area contributed by atoms with Crippen LogP contribution in [0.25, 0.3) is 87.2 Å². The lowest BCUT2D eigenvalue weighted by atomic mass is 9.67. The summed E-state index contributed by atoms with van der Waals surface area (Å²) in [5, 5.41) is 12.9. The summed E-state index contributed by atoms with van der Waals surface area (Å²) in [6, 6.07) is 77.4. The van der Waals surface area contributed by atoms with Crippen molar-refractivity contribution in [2.75, 3.05) is 0 Å². The molecule has 0 heteroatoms. The first-order valence-electron chi connectivity index (χ1n) is 19.3. The molecule has 0 radical (unpaired) electrons. The zero-order chi connectivity index (χ0) is 36.1. The van der Waals surface area contributed by atoms with Crippen LogP contribution in [0.15, 0.2) is 206 Å². The van der Waals surface area contributed by atoms with Crippen LogP contribution >= 0.6 is 0 Å². The summed E-state index contributed by atoms with van der Waals surface area (Å²) in [5.41, 5.74) is 12.3. The summed E-state index contributed by atoms with van der Waals surface area (Å²) in [7, 11) is 0. The van der Waals surface area contributed by atoms with E-state index in [1.807, 2.05) is 0 Å². The highest BCUT2D eigenvalue weighted by atomic mass is 14.5. The summed E-state index contributed by atoms with van der Waals surface area (Å²) in [5.74, 6) is 0. The van der Waals surface area contributed by atoms with Gasteiger partial charge in [0, 0.05) is 0 Å². The lowest BCUT2D eigenvalue weighted by Crippen LogP contribution is -2.28. The molecule has 0 unspecified atom stereocenters. The van der Waals surface area contributed by atoms with Crippen LogP contribution in [-0.2, 0) is 5.41 Å². The molecule has 55 heavy (non-hydrogen) atoms. The minimum absolute atomic E-state index is 0.535. The number of hydrogen-bond donors (Lipinski definition) is 0. The van der Waals surface area contributed by atoms with Gasteiger partial charge in [0.2, 0.25) is 0 Å². The number of rotatable bonds is 4. The summed E-state index contributed by atoms with van der Waals surface area (Å²) in [6.07, 6.45) is 0. The number of hydrogen-bond acceptors (Lipinski definition) is 0. The monoisotopic (exact) mass is 694 g/mol. The van der Waals surface area contributed by atoms with Gasteiger partial charge in [-0.05, 0) is 128 Å². The van der Waals surface area contributed by atoms with Crippen LogP contribution in [0.1, 0.15) is 22.3 Å². The van der Waals surface area contributed by atoms with Crippen molar-refractivity contribution in [3.05, 3.63) is 229 Å². The molecular formula is C55H34. The molecule has 0 N–H and O–H groups in total. The molecule has 1 aliphatic rings. The first-order chi connectivity index (χ1) is 27.3. The van der Waals surface area contributed by atoms with Crippen LogP contribution in [-0.4, -0.2) is 0 Å². The zero-order valence-electron chi connectivity index (χ0n) is 30.1. The summed E-state index contributed by atoms with van der Waals surface area (Å²) < 4.78 is 0. The third-order valence-corrected chi connectivity index (χ3v) is 12.5. The van der Waals surface area contributed by atoms with Crippen molar-refractivity contribution in [1.29, 1.82) is 0 Å². The Morgan fingerprint density at radius 1 is 0.255 bits per heavy atom. The molecule has 1 aliphatic carbocycles. The highest BCUT2D eigenvalue weighted by Crippen LogP contribution is 2.58. The Kier molecular flexibility index (Phi) is 6.36. The van der Waals surface area contributed by atoms with Crippen molar-refractivity contribution in [1.82, 2.24) is 0 Å². The summed E-state index contributed by atoms with van der Waals surface area (Å²) >= 11 is 0. The molecular weight excluding hydrogens is 661 g/mol. The first-order valence-corrected chi connectivity index (χ1v) is 19.3. The van der Waals surface area contributed by atoms with E-state index in [1.54, 1.807) is 0 Å². The smallest absolute Gasteiger partial charge is 0.0622 e. The standard InChI is InChI=1S/C55H34/c1-3-17-41(18-4-1)55(42-19-5-2-6-20-42)51-33-40(44-29-26-38-25-24-36-14-9-15-37-27-31-48(44)54(38)53(36)37)28-30-47(51)50-32-39-16-11-23-46(49(39)34-52(50)55)45-22-10-13-35-12-7-8-21-43(35)45/h1-34H. The molecule has 11 aromatic carbocycles. The normalized spacial score (nSPS) is 13.2. The first kappa shape index (κ1) is 30.4. The number of benzene rings is 11. The van der Waals surface area contributed by atoms with Gasteiger partial charge in [-0.3, -0.25) is 0 Å². The maximum absolute atomic E-state index is 2.53. The second-order valence-corrected chi connectivity index (χ2v) is 15.2. The van der Waals surface area contributed by atoms with Gasteiger partial charge in [-0.2, -0.15) is 0 Å². The highest BCUT2D eigenvalue weighted by Gasteiger charge is 2.46. The van der Waals surface area contributed by atoms with Crippen molar-refractivity contribution in [3.63, 3.8) is 0 Å². The molecule has 0 bridgehead atoms. The molecule has 254 valence electrons. The Morgan fingerprint density at radius 3 is 1.56 bits per heavy atom. The zero-order valence-corrected chi connectivity index (χ0v) is 30.1. The van der Waals surface area contributed by atoms with Crippen molar-refractivity contribution in [3.8, 4) is 33.4 Å². The van der Waals surface area contributed by atoms with Crippen LogP contribution in [0.5, 0.6) is 0 Å². The Bertz CT molecular complexity index is 3240. The van der Waals surface area contributed by atoms with Gasteiger partial charge in [0.05, 0.1) is 5.41 Å². The van der Waals surface area contributed by atoms with E-state index in [-0.39, 0.29) is 0 Å². The molecule has 0 aromatic heterocycles. The van der Waals surface area contributed by atoms with Crippen molar-refractivity contribution in [2.24, 2.45) is 0 Å². The van der Waals surface area contributed by atoms with E-state index in [9.17, 15) is 0 Å². The highest BCUT2D eigenvalue weighted by molar-refractivity contribution is 6.25. The Labute approximate surface area is 319 Å². The molecule has 0 heterocycles. The average Bonchev–Trinajstić information content (AvgIpc) is 3.54. The van der Waals surface area contributed by atoms with Gasteiger partial charge in [-0.1, -0.05) is 188 Å². The van der Waals surface area contributed by atoms with Gasteiger partial charge < -0.3 is 0 Å². The largest absolute Gasteiger partial charge is 0.0714 e. The second-order valence-electron chi connectivity index (χ2n) is 15.2. The fraction of sp³-hybridized carbons (Fsp3) is 0.0182. The molecule has 0 atom stereocenters. The Balaban J connectivity index is 1.17. The predicted molar refractivity (Wildman–Crippen MR) is 233 cm³/mol. The van der Waals surface area contributed by atoms with E-state index >= 15 is 0 Å². The van der Waals surface area contributed by atoms with Crippen molar-refractivity contribution in [2.45, 2.75) is 5.41 Å². The number of fused-ring (bicyclic) bond motifs is 5. The van der Waals surface area contributed by atoms with Gasteiger partial charge in [0.1, 0.15) is 0 Å². The third-order valence-electron chi connectivity index (χ3n) is 12.5. The van der Waals surface area contributed by atoms with E-state index in [4.69, 9.17) is 0 Å². The quantitative estimate of drug-likeness (QED) is 0.161. The molecule has 0 amide bonds. The molecule has 0 fully saturated rings. The third kappa shape index (κ3) is 4.23. The van der Waals surface area contributed by atoms with Gasteiger partial charge >= 0.3 is 0 Å². The maximum atomic E-state index is 2.53. The molecule has 12 rings (SSSR count). The fourth-order valence-electron chi connectivity index (χ4n) is 10.1. The average molecular weight is 695 g/mol. The molecule has 0 saturated heterocycles. The van der Waals surface area contributed by atoms with Crippen LogP contribution in [0.3, 0.4) is 0 Å². The molecule has 11 aromatic rings. The summed E-state index contributed by atoms with van der Waals surface area (Å²) in [6.45, 7) is 0. The van der Waals surface area contributed by atoms with Crippen LogP contribution in [0.4, 0.5) is 0 Å². The Hall–Kier alpha value is -7.02. The fourth-order valence-corrected chi connectivity index (χ4v) is 10.1. The summed E-state index contributed by atoms with van der Waals surface area (Å²) in [4.78, 5) is 0. The van der Waals surface area contributed by atoms with Gasteiger partial charge in [-0.15, -0.1) is 0 Å².